The zero-order valence-corrected chi connectivity index (χ0v) is 28.7. The van der Waals surface area contributed by atoms with Crippen molar-refractivity contribution in [3.8, 4) is 44.5 Å². The molecule has 0 aliphatic heterocycles. The van der Waals surface area contributed by atoms with Crippen molar-refractivity contribution in [3.05, 3.63) is 157 Å². The van der Waals surface area contributed by atoms with Gasteiger partial charge in [0.2, 0.25) is 0 Å². The number of allylic oxidation sites excluding steroid dienone is 1. The summed E-state index contributed by atoms with van der Waals surface area (Å²) in [6.45, 7) is 10.3. The summed E-state index contributed by atoms with van der Waals surface area (Å²) >= 11 is 0. The topological polar surface area (TPSA) is 26.0 Å². The molecule has 1 nitrogen and oxygen atoms in total. The first-order chi connectivity index (χ1) is 24.2. The van der Waals surface area contributed by atoms with E-state index < -0.39 is 0 Å². The third-order valence-corrected chi connectivity index (χ3v) is 9.65. The first-order valence-corrected chi connectivity index (χ1v) is 17.2. The van der Waals surface area contributed by atoms with Gasteiger partial charge < -0.3 is 5.73 Å². The Morgan fingerprint density at radius 2 is 1.06 bits per heavy atom. The summed E-state index contributed by atoms with van der Waals surface area (Å²) in [5.74, 6) is 0. The Bertz CT molecular complexity index is 2570. The molecule has 1 aliphatic carbocycles. The largest absolute Gasteiger partial charge is 0.333 e. The maximum atomic E-state index is 4.50. The van der Waals surface area contributed by atoms with Crippen LogP contribution in [0.4, 0.5) is 0 Å². The lowest BCUT2D eigenvalue weighted by Crippen LogP contribution is -1.91. The normalized spacial score (nSPS) is 11.4. The fourth-order valence-corrected chi connectivity index (χ4v) is 7.63. The highest BCUT2D eigenvalue weighted by Gasteiger charge is 2.25. The summed E-state index contributed by atoms with van der Waals surface area (Å²) in [7, 11) is 1.50. The molecule has 238 valence electrons. The van der Waals surface area contributed by atoms with Crippen LogP contribution >= 0.6 is 0 Å². The highest BCUT2D eigenvalue weighted by Crippen LogP contribution is 2.51. The minimum Gasteiger partial charge on any atom is -0.333 e. The molecule has 0 fully saturated rings. The highest BCUT2D eigenvalue weighted by atomic mass is 14.4. The lowest BCUT2D eigenvalue weighted by Gasteiger charge is -2.16. The number of rotatable bonds is 4. The Kier molecular flexibility index (Phi) is 8.70. The smallest absolute Gasteiger partial charge is 0.00137 e. The quantitative estimate of drug-likeness (QED) is 0.192. The molecule has 0 aromatic heterocycles. The maximum Gasteiger partial charge on any atom is -0.00137 e. The van der Waals surface area contributed by atoms with Crippen LogP contribution < -0.4 is 5.73 Å². The number of hydrogen-bond donors (Lipinski definition) is 1. The molecule has 0 heterocycles. The molecular weight excluding hydrogens is 591 g/mol. The van der Waals surface area contributed by atoms with Gasteiger partial charge in [0.05, 0.1) is 0 Å². The Labute approximate surface area is 289 Å². The SMILES string of the molecule is C=Cc1cc2c3c(ccc(-c4ccc5ccc(-c6cc7ccccc7c7ccccc67)cc5c4)c3c1/C=C\C)-c1ccccc1-2.CC.CN. The third-order valence-electron chi connectivity index (χ3n) is 9.65. The summed E-state index contributed by atoms with van der Waals surface area (Å²) in [5.41, 5.74) is 17.1. The summed E-state index contributed by atoms with van der Waals surface area (Å²) in [4.78, 5) is 0. The van der Waals surface area contributed by atoms with E-state index in [9.17, 15) is 0 Å². The summed E-state index contributed by atoms with van der Waals surface area (Å²) in [6.07, 6.45) is 6.39. The van der Waals surface area contributed by atoms with Crippen LogP contribution in [-0.4, -0.2) is 7.05 Å². The average molecular weight is 632 g/mol. The van der Waals surface area contributed by atoms with Crippen molar-refractivity contribution in [3.63, 3.8) is 0 Å². The van der Waals surface area contributed by atoms with Gasteiger partial charge in [0.15, 0.2) is 0 Å². The van der Waals surface area contributed by atoms with Crippen molar-refractivity contribution in [2.45, 2.75) is 20.8 Å². The van der Waals surface area contributed by atoms with Crippen molar-refractivity contribution in [1.29, 1.82) is 0 Å². The number of nitrogens with two attached hydrogens (primary N) is 1. The van der Waals surface area contributed by atoms with Crippen LogP contribution in [0.2, 0.25) is 0 Å². The summed E-state index contributed by atoms with van der Waals surface area (Å²) < 4.78 is 0. The molecule has 49 heavy (non-hydrogen) atoms. The molecule has 0 atom stereocenters. The molecule has 0 radical (unpaired) electrons. The van der Waals surface area contributed by atoms with Gasteiger partial charge in [0, 0.05) is 0 Å². The number of hydrogen-bond acceptors (Lipinski definition) is 1. The minimum absolute atomic E-state index is 1.16. The van der Waals surface area contributed by atoms with E-state index in [0.717, 1.165) is 5.56 Å². The van der Waals surface area contributed by atoms with Crippen LogP contribution in [0, 0.1) is 0 Å². The van der Waals surface area contributed by atoms with Crippen LogP contribution in [0.15, 0.2) is 146 Å². The Hall–Kier alpha value is -5.76. The van der Waals surface area contributed by atoms with Gasteiger partial charge in [-0.15, -0.1) is 0 Å². The van der Waals surface area contributed by atoms with Crippen LogP contribution in [0.5, 0.6) is 0 Å². The molecule has 9 rings (SSSR count). The fraction of sp³-hybridized carbons (Fsp3) is 0.0833. The molecule has 0 saturated carbocycles. The van der Waals surface area contributed by atoms with Gasteiger partial charge in [-0.3, -0.25) is 0 Å². The van der Waals surface area contributed by atoms with E-state index >= 15 is 0 Å². The fourth-order valence-electron chi connectivity index (χ4n) is 7.63. The third kappa shape index (κ3) is 5.15. The average Bonchev–Trinajstić information content (AvgIpc) is 3.50. The van der Waals surface area contributed by atoms with E-state index in [4.69, 9.17) is 0 Å². The van der Waals surface area contributed by atoms with Gasteiger partial charge in [0.1, 0.15) is 0 Å². The van der Waals surface area contributed by atoms with Crippen molar-refractivity contribution >= 4 is 55.2 Å². The molecule has 1 heteroatoms. The van der Waals surface area contributed by atoms with Crippen molar-refractivity contribution in [2.75, 3.05) is 7.05 Å². The van der Waals surface area contributed by atoms with E-state index in [-0.39, 0.29) is 0 Å². The second-order valence-electron chi connectivity index (χ2n) is 12.1. The van der Waals surface area contributed by atoms with Gasteiger partial charge in [-0.25, -0.2) is 0 Å². The Morgan fingerprint density at radius 3 is 1.76 bits per heavy atom. The zero-order chi connectivity index (χ0) is 34.1. The number of benzene rings is 8. The molecule has 8 aromatic carbocycles. The van der Waals surface area contributed by atoms with Crippen molar-refractivity contribution in [2.24, 2.45) is 5.73 Å². The minimum atomic E-state index is 1.16. The van der Waals surface area contributed by atoms with Gasteiger partial charge in [-0.1, -0.05) is 148 Å². The lowest BCUT2D eigenvalue weighted by molar-refractivity contribution is 1.48. The second-order valence-corrected chi connectivity index (χ2v) is 12.1. The first-order valence-electron chi connectivity index (χ1n) is 17.2. The number of fused-ring (bicyclic) bond motifs is 7. The molecule has 8 aromatic rings. The molecule has 0 saturated heterocycles. The zero-order valence-electron chi connectivity index (χ0n) is 28.7. The van der Waals surface area contributed by atoms with Crippen molar-refractivity contribution in [1.82, 2.24) is 0 Å². The van der Waals surface area contributed by atoms with Gasteiger partial charge in [0.25, 0.3) is 0 Å². The van der Waals surface area contributed by atoms with Crippen LogP contribution in [0.25, 0.3) is 99.7 Å². The van der Waals surface area contributed by atoms with E-state index in [1.165, 1.54) is 100 Å². The van der Waals surface area contributed by atoms with Gasteiger partial charge in [-0.05, 0) is 137 Å². The van der Waals surface area contributed by atoms with E-state index in [1.807, 2.05) is 19.9 Å². The van der Waals surface area contributed by atoms with E-state index in [1.54, 1.807) is 0 Å². The van der Waals surface area contributed by atoms with E-state index in [0.29, 0.717) is 0 Å². The van der Waals surface area contributed by atoms with Crippen molar-refractivity contribution < 1.29 is 0 Å². The lowest BCUT2D eigenvalue weighted by atomic mass is 9.87. The molecule has 0 amide bonds. The first kappa shape index (κ1) is 31.8. The van der Waals surface area contributed by atoms with E-state index in [2.05, 4.69) is 165 Å². The molecule has 1 aliphatic rings. The molecule has 0 bridgehead atoms. The molecule has 0 unspecified atom stereocenters. The predicted molar refractivity (Wildman–Crippen MR) is 218 cm³/mol. The summed E-state index contributed by atoms with van der Waals surface area (Å²) in [6, 6.07) is 49.4. The monoisotopic (exact) mass is 631 g/mol. The molecular formula is C48H41N. The predicted octanol–water partition coefficient (Wildman–Crippen LogP) is 13.6. The van der Waals surface area contributed by atoms with Crippen LogP contribution in [0.3, 0.4) is 0 Å². The molecule has 2 N–H and O–H groups in total. The van der Waals surface area contributed by atoms with Gasteiger partial charge >= 0.3 is 0 Å². The van der Waals surface area contributed by atoms with Crippen LogP contribution in [0.1, 0.15) is 31.9 Å². The molecule has 0 spiro atoms. The van der Waals surface area contributed by atoms with Gasteiger partial charge in [-0.2, -0.15) is 0 Å². The Morgan fingerprint density at radius 1 is 0.469 bits per heavy atom. The van der Waals surface area contributed by atoms with Crippen LogP contribution in [-0.2, 0) is 0 Å². The standard InChI is InChI=1S/C45H30.C2H6.CH5N/c1-3-11-35-28(4-2)26-43-40-17-10-8-15-38(40)41-23-22-36(44(35)45(41)43)31-20-18-29-19-21-32(25-33(29)24-31)42-27-30-12-5-6-13-34(30)37-14-7-9-16-39(37)42;2*1-2/h3-27H,2H2,1H3;1-2H3;2H2,1H3/b11-3-;;. The maximum absolute atomic E-state index is 4.50. The highest BCUT2D eigenvalue weighted by molar-refractivity contribution is 6.22. The summed E-state index contributed by atoms with van der Waals surface area (Å²) in [5, 5.41) is 10.3. The second kappa shape index (κ2) is 13.4. The Balaban J connectivity index is 0.000000914.